The summed E-state index contributed by atoms with van der Waals surface area (Å²) < 4.78 is 35.6. The molecule has 1 saturated heterocycles. The van der Waals surface area contributed by atoms with E-state index in [0.717, 1.165) is 23.8 Å². The van der Waals surface area contributed by atoms with Gasteiger partial charge in [-0.25, -0.2) is 8.42 Å². The van der Waals surface area contributed by atoms with Gasteiger partial charge in [0.2, 0.25) is 0 Å². The van der Waals surface area contributed by atoms with E-state index in [1.54, 1.807) is 6.07 Å². The van der Waals surface area contributed by atoms with Crippen LogP contribution in [0.4, 0.5) is 0 Å². The molecular formula is C24H24ClNO6S. The molecule has 0 aliphatic carbocycles. The van der Waals surface area contributed by atoms with Gasteiger partial charge in [-0.2, -0.15) is 0 Å². The number of nitrogens with zero attached hydrogens (tertiary/aromatic N) is 1. The Morgan fingerprint density at radius 2 is 1.94 bits per heavy atom. The van der Waals surface area contributed by atoms with Crippen molar-refractivity contribution in [2.24, 2.45) is 0 Å². The van der Waals surface area contributed by atoms with Gasteiger partial charge < -0.3 is 14.1 Å². The highest BCUT2D eigenvalue weighted by molar-refractivity contribution is 7.91. The Balaban J connectivity index is 1.66. The van der Waals surface area contributed by atoms with E-state index in [2.05, 4.69) is 0 Å². The smallest absolute Gasteiger partial charge is 0.290 e. The Labute approximate surface area is 196 Å². The van der Waals surface area contributed by atoms with Gasteiger partial charge >= 0.3 is 0 Å². The van der Waals surface area contributed by atoms with Crippen molar-refractivity contribution in [1.82, 2.24) is 4.90 Å². The van der Waals surface area contributed by atoms with Crippen molar-refractivity contribution in [1.29, 1.82) is 0 Å². The Morgan fingerprint density at radius 3 is 2.61 bits per heavy atom. The van der Waals surface area contributed by atoms with Gasteiger partial charge in [0.25, 0.3) is 5.91 Å². The number of carbonyl (C=O) groups is 1. The second-order valence-corrected chi connectivity index (χ2v) is 10.8. The molecule has 0 saturated carbocycles. The van der Waals surface area contributed by atoms with Crippen molar-refractivity contribution >= 4 is 38.3 Å². The zero-order valence-corrected chi connectivity index (χ0v) is 19.7. The van der Waals surface area contributed by atoms with E-state index in [0.29, 0.717) is 18.1 Å². The van der Waals surface area contributed by atoms with Gasteiger partial charge in [-0.3, -0.25) is 9.59 Å². The average Bonchev–Trinajstić information content (AvgIpc) is 3.16. The molecule has 7 nitrogen and oxygen atoms in total. The van der Waals surface area contributed by atoms with Crippen LogP contribution in [-0.4, -0.2) is 43.4 Å². The average molecular weight is 490 g/mol. The summed E-state index contributed by atoms with van der Waals surface area (Å²) in [7, 11) is -3.23. The van der Waals surface area contributed by atoms with Crippen molar-refractivity contribution in [3.63, 3.8) is 0 Å². The normalized spacial score (nSPS) is 17.2. The van der Waals surface area contributed by atoms with Gasteiger partial charge in [0.15, 0.2) is 21.0 Å². The summed E-state index contributed by atoms with van der Waals surface area (Å²) in [6.45, 7) is 2.80. The minimum atomic E-state index is -3.23. The van der Waals surface area contributed by atoms with Crippen molar-refractivity contribution < 1.29 is 22.4 Å². The third kappa shape index (κ3) is 5.39. The summed E-state index contributed by atoms with van der Waals surface area (Å²) >= 11 is 5.96. The number of rotatable bonds is 7. The van der Waals surface area contributed by atoms with Gasteiger partial charge in [-0.15, -0.1) is 0 Å². The number of sulfone groups is 1. The minimum Gasteiger partial charge on any atom is -0.494 e. The Hall–Kier alpha value is -2.84. The summed E-state index contributed by atoms with van der Waals surface area (Å²) in [5.74, 6) is -0.0459. The number of halogens is 1. The molecule has 1 aromatic heterocycles. The second kappa shape index (κ2) is 9.57. The quantitative estimate of drug-likeness (QED) is 0.496. The van der Waals surface area contributed by atoms with Crippen molar-refractivity contribution in [3.8, 4) is 5.75 Å². The summed E-state index contributed by atoms with van der Waals surface area (Å²) in [6, 6.07) is 12.5. The third-order valence-electron chi connectivity index (χ3n) is 5.56. The number of fused-ring (bicyclic) bond motifs is 1. The van der Waals surface area contributed by atoms with E-state index < -0.39 is 27.2 Å². The number of amides is 1. The first-order chi connectivity index (χ1) is 15.8. The molecule has 0 radical (unpaired) electrons. The number of benzene rings is 2. The zero-order valence-electron chi connectivity index (χ0n) is 18.1. The molecule has 0 spiro atoms. The highest BCUT2D eigenvalue weighted by atomic mass is 35.5. The molecule has 1 aliphatic rings. The van der Waals surface area contributed by atoms with E-state index in [1.807, 2.05) is 31.2 Å². The molecule has 33 heavy (non-hydrogen) atoms. The van der Waals surface area contributed by atoms with E-state index >= 15 is 0 Å². The maximum Gasteiger partial charge on any atom is 0.290 e. The van der Waals surface area contributed by atoms with Crippen LogP contribution in [0.1, 0.15) is 35.9 Å². The molecule has 9 heteroatoms. The van der Waals surface area contributed by atoms with Crippen LogP contribution in [0.2, 0.25) is 5.02 Å². The summed E-state index contributed by atoms with van der Waals surface area (Å²) in [4.78, 5) is 27.5. The van der Waals surface area contributed by atoms with Gasteiger partial charge in [0.05, 0.1) is 23.5 Å². The van der Waals surface area contributed by atoms with Gasteiger partial charge in [0, 0.05) is 23.7 Å². The van der Waals surface area contributed by atoms with Gasteiger partial charge in [0.1, 0.15) is 11.3 Å². The molecule has 4 rings (SSSR count). The molecule has 1 amide bonds. The van der Waals surface area contributed by atoms with E-state index in [9.17, 15) is 18.0 Å². The summed E-state index contributed by atoms with van der Waals surface area (Å²) in [6.07, 6.45) is 1.22. The predicted octanol–water partition coefficient (Wildman–Crippen LogP) is 4.06. The topological polar surface area (TPSA) is 93.9 Å². The number of carbonyl (C=O) groups excluding carboxylic acids is 1. The lowest BCUT2D eigenvalue weighted by atomic mass is 10.1. The Kier molecular flexibility index (Phi) is 6.76. The van der Waals surface area contributed by atoms with Gasteiger partial charge in [-0.05, 0) is 48.7 Å². The Bertz CT molecular complexity index is 1330. The monoisotopic (exact) mass is 489 g/mol. The largest absolute Gasteiger partial charge is 0.494 e. The molecule has 3 aromatic rings. The fourth-order valence-corrected chi connectivity index (χ4v) is 5.77. The van der Waals surface area contributed by atoms with Crippen LogP contribution < -0.4 is 10.2 Å². The van der Waals surface area contributed by atoms with Crippen LogP contribution >= 0.6 is 11.6 Å². The second-order valence-electron chi connectivity index (χ2n) is 8.10. The van der Waals surface area contributed by atoms with Gasteiger partial charge in [-0.1, -0.05) is 30.7 Å². The fourth-order valence-electron chi connectivity index (χ4n) is 3.87. The first-order valence-electron chi connectivity index (χ1n) is 10.7. The van der Waals surface area contributed by atoms with Crippen LogP contribution in [0, 0.1) is 0 Å². The number of hydrogen-bond acceptors (Lipinski definition) is 6. The highest BCUT2D eigenvalue weighted by Crippen LogP contribution is 2.25. The molecule has 1 aliphatic heterocycles. The number of ether oxygens (including phenoxy) is 1. The molecule has 1 atom stereocenters. The Morgan fingerprint density at radius 1 is 1.18 bits per heavy atom. The molecule has 174 valence electrons. The molecule has 0 N–H and O–H groups in total. The molecule has 2 heterocycles. The minimum absolute atomic E-state index is 0.0193. The molecule has 0 bridgehead atoms. The standard InChI is InChI=1S/C24H24ClNO6S/c1-2-10-31-19-6-3-16(4-7-19)14-26(18-9-11-33(29,30)15-18)24(28)23-13-21(27)20-12-17(25)5-8-22(20)32-23/h3-8,12-13,18H,2,9-11,14-15H2,1H3. The molecule has 1 fully saturated rings. The zero-order chi connectivity index (χ0) is 23.6. The lowest BCUT2D eigenvalue weighted by Crippen LogP contribution is -2.40. The number of hydrogen-bond donors (Lipinski definition) is 0. The first kappa shape index (κ1) is 23.3. The van der Waals surface area contributed by atoms with E-state index in [1.165, 1.54) is 17.0 Å². The van der Waals surface area contributed by atoms with Crippen molar-refractivity contribution in [3.05, 3.63) is 75.1 Å². The lowest BCUT2D eigenvalue weighted by Gasteiger charge is -2.28. The fraction of sp³-hybridized carbons (Fsp3) is 0.333. The van der Waals surface area contributed by atoms with Crippen LogP contribution in [0.15, 0.2) is 57.7 Å². The first-order valence-corrected chi connectivity index (χ1v) is 12.9. The van der Waals surface area contributed by atoms with E-state index in [-0.39, 0.29) is 34.8 Å². The summed E-state index contributed by atoms with van der Waals surface area (Å²) in [5, 5.41) is 0.662. The van der Waals surface area contributed by atoms with Crippen LogP contribution in [-0.2, 0) is 16.4 Å². The molecular weight excluding hydrogens is 466 g/mol. The highest BCUT2D eigenvalue weighted by Gasteiger charge is 2.36. The van der Waals surface area contributed by atoms with Crippen LogP contribution in [0.25, 0.3) is 11.0 Å². The predicted molar refractivity (Wildman–Crippen MR) is 127 cm³/mol. The van der Waals surface area contributed by atoms with Crippen molar-refractivity contribution in [2.45, 2.75) is 32.4 Å². The maximum atomic E-state index is 13.5. The van der Waals surface area contributed by atoms with Crippen LogP contribution in [0.5, 0.6) is 5.75 Å². The summed E-state index contributed by atoms with van der Waals surface area (Å²) in [5.41, 5.74) is 0.664. The third-order valence-corrected chi connectivity index (χ3v) is 7.54. The van der Waals surface area contributed by atoms with E-state index in [4.69, 9.17) is 20.8 Å². The van der Waals surface area contributed by atoms with Crippen molar-refractivity contribution in [2.75, 3.05) is 18.1 Å². The molecule has 1 unspecified atom stereocenters. The molecule has 2 aromatic carbocycles. The lowest BCUT2D eigenvalue weighted by molar-refractivity contribution is 0.0648. The maximum absolute atomic E-state index is 13.5. The SMILES string of the molecule is CCCOc1ccc(CN(C(=O)c2cc(=O)c3cc(Cl)ccc3o2)C2CCS(=O)(=O)C2)cc1. The van der Waals surface area contributed by atoms with Crippen LogP contribution in [0.3, 0.4) is 0 Å².